The van der Waals surface area contributed by atoms with Gasteiger partial charge in [-0.3, -0.25) is 4.79 Å². The first kappa shape index (κ1) is 32.8. The second kappa shape index (κ2) is 11.4. The largest absolute Gasteiger partial charge is 0.494 e. The molecule has 0 radical (unpaired) electrons. The van der Waals surface area contributed by atoms with Crippen molar-refractivity contribution in [2.24, 2.45) is 0 Å². The van der Waals surface area contributed by atoms with Crippen LogP contribution >= 0.6 is 11.6 Å². The molecule has 2 aromatic carbocycles. The second-order valence-corrected chi connectivity index (χ2v) is 10.5. The fourth-order valence-corrected chi connectivity index (χ4v) is 4.62. The summed E-state index contributed by atoms with van der Waals surface area (Å²) in [4.78, 5) is 16.9. The molecule has 44 heavy (non-hydrogen) atoms. The van der Waals surface area contributed by atoms with Gasteiger partial charge in [-0.05, 0) is 62.4 Å². The summed E-state index contributed by atoms with van der Waals surface area (Å²) in [6.07, 6.45) is -10.4. The molecule has 16 heteroatoms. The fraction of sp³-hybridized carbons (Fsp3) is 0.286. The zero-order valence-electron chi connectivity index (χ0n) is 22.9. The van der Waals surface area contributed by atoms with Crippen LogP contribution in [0.25, 0.3) is 22.2 Å². The summed E-state index contributed by atoms with van der Waals surface area (Å²) >= 11 is 6.39. The number of ether oxygens (including phenoxy) is 1. The van der Waals surface area contributed by atoms with Crippen LogP contribution in [0.2, 0.25) is 5.02 Å². The van der Waals surface area contributed by atoms with Crippen LogP contribution in [0.3, 0.4) is 0 Å². The Labute approximate surface area is 249 Å². The highest BCUT2D eigenvalue weighted by Gasteiger charge is 2.57. The van der Waals surface area contributed by atoms with Gasteiger partial charge in [0.15, 0.2) is 5.69 Å². The van der Waals surface area contributed by atoms with Crippen LogP contribution in [-0.4, -0.2) is 51.1 Å². The second-order valence-electron chi connectivity index (χ2n) is 10.2. The Morgan fingerprint density at radius 3 is 2.14 bits per heavy atom. The van der Waals surface area contributed by atoms with Gasteiger partial charge in [0.25, 0.3) is 5.91 Å². The number of pyridine rings is 1. The molecule has 1 amide bonds. The summed E-state index contributed by atoms with van der Waals surface area (Å²) < 4.78 is 102. The number of nitrogens with zero attached hydrogens (tertiary/aromatic N) is 3. The molecule has 4 rings (SSSR count). The van der Waals surface area contributed by atoms with Crippen LogP contribution in [0.1, 0.15) is 41.2 Å². The number of methoxy groups -OCH3 is 1. The number of alkyl halides is 6. The number of amides is 1. The van der Waals surface area contributed by atoms with E-state index in [0.29, 0.717) is 6.07 Å². The highest BCUT2D eigenvalue weighted by atomic mass is 35.5. The van der Waals surface area contributed by atoms with Gasteiger partial charge in [-0.2, -0.15) is 26.3 Å². The standard InChI is InChI=1S/C28H22ClF7N4O4/c1-25(2,42)17-11-19(38-23(21(17)29)13-4-6-16(30)7-5-13)26(43,28(34,35)36)12-37-24(41)15-8-14-10-20(27(31,32)33)39-40-22(14)18(9-15)44-3/h4-11,42-43H,12H2,1-3H3,(H,37,41)/t26-/m0/s1. The number of aromatic nitrogens is 3. The number of aliphatic hydroxyl groups is 2. The Balaban J connectivity index is 1.79. The molecule has 8 nitrogen and oxygen atoms in total. The van der Waals surface area contributed by atoms with Crippen LogP contribution in [0.15, 0.2) is 48.5 Å². The lowest BCUT2D eigenvalue weighted by Gasteiger charge is -2.32. The van der Waals surface area contributed by atoms with Crippen LogP contribution in [-0.2, 0) is 17.4 Å². The minimum Gasteiger partial charge on any atom is -0.494 e. The van der Waals surface area contributed by atoms with E-state index in [1.165, 1.54) is 26.0 Å². The Morgan fingerprint density at radius 1 is 0.955 bits per heavy atom. The Hall–Kier alpha value is -4.08. The van der Waals surface area contributed by atoms with Crippen molar-refractivity contribution in [3.8, 4) is 17.0 Å². The molecule has 4 aromatic rings. The average molecular weight is 647 g/mol. The lowest BCUT2D eigenvalue weighted by Crippen LogP contribution is -2.51. The molecule has 0 spiro atoms. The van der Waals surface area contributed by atoms with E-state index in [-0.39, 0.29) is 38.5 Å². The van der Waals surface area contributed by atoms with Crippen molar-refractivity contribution in [3.05, 3.63) is 81.9 Å². The highest BCUT2D eigenvalue weighted by molar-refractivity contribution is 6.34. The quantitative estimate of drug-likeness (QED) is 0.214. The zero-order valence-corrected chi connectivity index (χ0v) is 23.7. The summed E-state index contributed by atoms with van der Waals surface area (Å²) in [7, 11) is 1.13. The number of hydrogen-bond donors (Lipinski definition) is 3. The SMILES string of the molecule is COc1cc(C(=O)NC[C@](O)(c2cc(C(C)(C)O)c(Cl)c(-c3ccc(F)cc3)n2)C(F)(F)F)cc2cc(C(F)(F)F)nnc12. The minimum atomic E-state index is -5.48. The zero-order chi connectivity index (χ0) is 32.8. The maximum absolute atomic E-state index is 14.5. The van der Waals surface area contributed by atoms with Crippen molar-refractivity contribution in [1.29, 1.82) is 0 Å². The molecule has 0 saturated heterocycles. The van der Waals surface area contributed by atoms with Gasteiger partial charge in [-0.25, -0.2) is 9.37 Å². The van der Waals surface area contributed by atoms with E-state index in [9.17, 15) is 45.7 Å². The average Bonchev–Trinajstić information content (AvgIpc) is 2.93. The van der Waals surface area contributed by atoms with Crippen LogP contribution in [0, 0.1) is 5.82 Å². The third kappa shape index (κ3) is 6.39. The fourth-order valence-electron chi connectivity index (χ4n) is 4.18. The van der Waals surface area contributed by atoms with Gasteiger partial charge in [-0.15, -0.1) is 10.2 Å². The summed E-state index contributed by atoms with van der Waals surface area (Å²) in [5.74, 6) is -2.09. The molecule has 0 aliphatic carbocycles. The van der Waals surface area contributed by atoms with Gasteiger partial charge in [0.2, 0.25) is 5.60 Å². The maximum Gasteiger partial charge on any atom is 0.435 e. The van der Waals surface area contributed by atoms with E-state index in [2.05, 4.69) is 15.2 Å². The Bertz CT molecular complexity index is 1730. The summed E-state index contributed by atoms with van der Waals surface area (Å²) in [6.45, 7) is 0.923. The van der Waals surface area contributed by atoms with E-state index < -0.39 is 58.8 Å². The molecule has 1 atom stereocenters. The molecule has 0 unspecified atom stereocenters. The Morgan fingerprint density at radius 2 is 1.59 bits per heavy atom. The lowest BCUT2D eigenvalue weighted by molar-refractivity contribution is -0.265. The van der Waals surface area contributed by atoms with Crippen LogP contribution in [0.4, 0.5) is 30.7 Å². The molecule has 0 bridgehead atoms. The number of halogens is 8. The predicted molar refractivity (Wildman–Crippen MR) is 143 cm³/mol. The van der Waals surface area contributed by atoms with Gasteiger partial charge in [0.05, 0.1) is 35.7 Å². The number of benzene rings is 2. The first-order valence-corrected chi connectivity index (χ1v) is 12.8. The number of carbonyl (C=O) groups excluding carboxylic acids is 1. The summed E-state index contributed by atoms with van der Waals surface area (Å²) in [5.41, 5.74) is -9.28. The molecule has 0 fully saturated rings. The minimum absolute atomic E-state index is 0.0573. The van der Waals surface area contributed by atoms with E-state index in [1.807, 2.05) is 5.32 Å². The van der Waals surface area contributed by atoms with Crippen molar-refractivity contribution in [2.75, 3.05) is 13.7 Å². The smallest absolute Gasteiger partial charge is 0.435 e. The van der Waals surface area contributed by atoms with Gasteiger partial charge < -0.3 is 20.3 Å². The molecule has 3 N–H and O–H groups in total. The van der Waals surface area contributed by atoms with Crippen molar-refractivity contribution >= 4 is 28.4 Å². The van der Waals surface area contributed by atoms with E-state index >= 15 is 0 Å². The maximum atomic E-state index is 14.5. The highest BCUT2D eigenvalue weighted by Crippen LogP contribution is 2.43. The van der Waals surface area contributed by atoms with Crippen LogP contribution in [0.5, 0.6) is 5.75 Å². The van der Waals surface area contributed by atoms with Gasteiger partial charge in [0, 0.05) is 22.1 Å². The third-order valence-corrected chi connectivity index (χ3v) is 6.94. The monoisotopic (exact) mass is 646 g/mol. The molecular formula is C28H22ClF7N4O4. The lowest BCUT2D eigenvalue weighted by atomic mass is 9.90. The molecule has 2 heterocycles. The first-order valence-electron chi connectivity index (χ1n) is 12.5. The van der Waals surface area contributed by atoms with Gasteiger partial charge in [0.1, 0.15) is 17.1 Å². The number of nitrogens with one attached hydrogen (secondary N) is 1. The third-order valence-electron chi connectivity index (χ3n) is 6.56. The molecular weight excluding hydrogens is 625 g/mol. The topological polar surface area (TPSA) is 117 Å². The van der Waals surface area contributed by atoms with E-state index in [1.54, 1.807) is 0 Å². The summed E-state index contributed by atoms with van der Waals surface area (Å²) in [5, 5.41) is 29.7. The van der Waals surface area contributed by atoms with Crippen molar-refractivity contribution in [1.82, 2.24) is 20.5 Å². The van der Waals surface area contributed by atoms with Crippen molar-refractivity contribution < 1.29 is 50.5 Å². The molecule has 0 saturated carbocycles. The molecule has 0 aliphatic heterocycles. The van der Waals surface area contributed by atoms with Crippen molar-refractivity contribution in [2.45, 2.75) is 37.4 Å². The number of fused-ring (bicyclic) bond motifs is 1. The van der Waals surface area contributed by atoms with Gasteiger partial charge in [-0.1, -0.05) is 11.6 Å². The number of carbonyl (C=O) groups is 1. The van der Waals surface area contributed by atoms with Crippen molar-refractivity contribution in [3.63, 3.8) is 0 Å². The molecule has 234 valence electrons. The van der Waals surface area contributed by atoms with E-state index in [0.717, 1.165) is 37.4 Å². The van der Waals surface area contributed by atoms with E-state index in [4.69, 9.17) is 16.3 Å². The Kier molecular flexibility index (Phi) is 8.54. The number of hydrogen-bond acceptors (Lipinski definition) is 7. The molecule has 0 aliphatic rings. The van der Waals surface area contributed by atoms with Gasteiger partial charge >= 0.3 is 12.4 Å². The summed E-state index contributed by atoms with van der Waals surface area (Å²) in [6, 6.07) is 7.62. The van der Waals surface area contributed by atoms with Crippen LogP contribution < -0.4 is 10.1 Å². The number of rotatable bonds is 7. The first-order chi connectivity index (χ1) is 20.3. The molecule has 2 aromatic heterocycles. The normalized spacial score (nSPS) is 13.9. The predicted octanol–water partition coefficient (Wildman–Crippen LogP) is 5.92.